The fourth-order valence-corrected chi connectivity index (χ4v) is 2.98. The van der Waals surface area contributed by atoms with Crippen LogP contribution in [0.4, 0.5) is 13.2 Å². The van der Waals surface area contributed by atoms with Crippen molar-refractivity contribution in [2.45, 2.75) is 70.6 Å². The summed E-state index contributed by atoms with van der Waals surface area (Å²) in [6.45, 7) is 4.90. The highest BCUT2D eigenvalue weighted by Gasteiger charge is 2.41. The fraction of sp³-hybridized carbons (Fsp3) is 1.00. The molecule has 1 unspecified atom stereocenters. The number of alkyl halides is 3. The average Bonchev–Trinajstić information content (AvgIpc) is 3.16. The van der Waals surface area contributed by atoms with E-state index >= 15 is 0 Å². The van der Waals surface area contributed by atoms with Crippen LogP contribution in [0.25, 0.3) is 0 Å². The topological polar surface area (TPSA) is 15.3 Å². The Kier molecular flexibility index (Phi) is 5.00. The molecular weight excluding hydrogens is 265 g/mol. The first-order valence-corrected chi connectivity index (χ1v) is 7.85. The van der Waals surface area contributed by atoms with Crippen LogP contribution in [0.15, 0.2) is 0 Å². The van der Waals surface area contributed by atoms with Gasteiger partial charge in [-0.25, -0.2) is 0 Å². The molecule has 0 spiro atoms. The molecule has 0 saturated heterocycles. The molecule has 2 aliphatic carbocycles. The lowest BCUT2D eigenvalue weighted by Gasteiger charge is -2.36. The lowest BCUT2D eigenvalue weighted by atomic mass is 9.84. The molecule has 2 aliphatic rings. The number of hydrogen-bond donors (Lipinski definition) is 1. The third-order valence-electron chi connectivity index (χ3n) is 4.28. The Labute approximate surface area is 120 Å². The van der Waals surface area contributed by atoms with Crippen molar-refractivity contribution in [1.82, 2.24) is 10.2 Å². The van der Waals surface area contributed by atoms with Crippen molar-refractivity contribution in [2.75, 3.05) is 19.6 Å². The van der Waals surface area contributed by atoms with Crippen molar-refractivity contribution in [3.8, 4) is 0 Å². The van der Waals surface area contributed by atoms with Crippen LogP contribution >= 0.6 is 0 Å². The molecule has 0 aromatic heterocycles. The molecule has 0 radical (unpaired) electrons. The van der Waals surface area contributed by atoms with E-state index in [9.17, 15) is 13.2 Å². The standard InChI is InChI=1S/C15H27F3N2/c1-3-8-14(2,9-19-12-4-5-12)10-20(13-6-7-13)11-15(16,17)18/h12-13,19H,3-11H2,1-2H3. The van der Waals surface area contributed by atoms with Gasteiger partial charge in [0.2, 0.25) is 0 Å². The number of rotatable bonds is 9. The Bertz CT molecular complexity index is 311. The van der Waals surface area contributed by atoms with Gasteiger partial charge >= 0.3 is 6.18 Å². The van der Waals surface area contributed by atoms with E-state index in [2.05, 4.69) is 19.2 Å². The predicted octanol–water partition coefficient (Wildman–Crippen LogP) is 3.57. The Balaban J connectivity index is 1.91. The second-order valence-corrected chi connectivity index (χ2v) is 6.97. The van der Waals surface area contributed by atoms with Gasteiger partial charge < -0.3 is 5.32 Å². The van der Waals surface area contributed by atoms with Crippen molar-refractivity contribution in [3.63, 3.8) is 0 Å². The first-order valence-electron chi connectivity index (χ1n) is 7.85. The van der Waals surface area contributed by atoms with Crippen LogP contribution in [-0.2, 0) is 0 Å². The summed E-state index contributed by atoms with van der Waals surface area (Å²) in [5, 5.41) is 3.50. The van der Waals surface area contributed by atoms with Gasteiger partial charge in [-0.05, 0) is 37.5 Å². The lowest BCUT2D eigenvalue weighted by Crippen LogP contribution is -2.46. The summed E-state index contributed by atoms with van der Waals surface area (Å²) >= 11 is 0. The van der Waals surface area contributed by atoms with Gasteiger partial charge in [0, 0.05) is 25.2 Å². The average molecular weight is 292 g/mol. The summed E-state index contributed by atoms with van der Waals surface area (Å²) in [6.07, 6.45) is 2.21. The molecule has 2 fully saturated rings. The van der Waals surface area contributed by atoms with E-state index in [1.165, 1.54) is 12.8 Å². The minimum atomic E-state index is -4.08. The third kappa shape index (κ3) is 5.60. The maximum atomic E-state index is 12.7. The second kappa shape index (κ2) is 6.22. The monoisotopic (exact) mass is 292 g/mol. The molecule has 0 bridgehead atoms. The molecule has 0 aliphatic heterocycles. The van der Waals surface area contributed by atoms with Gasteiger partial charge in [-0.1, -0.05) is 20.3 Å². The SMILES string of the molecule is CCCC(C)(CNC1CC1)CN(CC(F)(F)F)C1CC1. The Morgan fingerprint density at radius 2 is 1.75 bits per heavy atom. The van der Waals surface area contributed by atoms with Crippen LogP contribution in [0.1, 0.15) is 52.4 Å². The highest BCUT2D eigenvalue weighted by atomic mass is 19.4. The smallest absolute Gasteiger partial charge is 0.313 e. The van der Waals surface area contributed by atoms with E-state index in [0.717, 1.165) is 32.2 Å². The zero-order chi connectivity index (χ0) is 14.8. The Morgan fingerprint density at radius 1 is 1.10 bits per heavy atom. The van der Waals surface area contributed by atoms with E-state index in [0.29, 0.717) is 12.6 Å². The molecule has 1 atom stereocenters. The summed E-state index contributed by atoms with van der Waals surface area (Å²) in [5.41, 5.74) is -0.0504. The Morgan fingerprint density at radius 3 is 2.20 bits per heavy atom. The normalized spacial score (nSPS) is 23.1. The Hall–Kier alpha value is -0.290. The van der Waals surface area contributed by atoms with Gasteiger partial charge in [-0.15, -0.1) is 0 Å². The lowest BCUT2D eigenvalue weighted by molar-refractivity contribution is -0.150. The maximum absolute atomic E-state index is 12.7. The number of nitrogens with one attached hydrogen (secondary N) is 1. The molecule has 118 valence electrons. The molecule has 20 heavy (non-hydrogen) atoms. The third-order valence-corrected chi connectivity index (χ3v) is 4.28. The van der Waals surface area contributed by atoms with Crippen LogP contribution in [-0.4, -0.2) is 42.8 Å². The molecule has 2 rings (SSSR count). The summed E-state index contributed by atoms with van der Waals surface area (Å²) in [5.74, 6) is 0. The quantitative estimate of drug-likeness (QED) is 0.699. The van der Waals surface area contributed by atoms with Crippen molar-refractivity contribution in [1.29, 1.82) is 0 Å². The highest BCUT2D eigenvalue weighted by molar-refractivity contribution is 4.92. The zero-order valence-electron chi connectivity index (χ0n) is 12.6. The van der Waals surface area contributed by atoms with Crippen molar-refractivity contribution < 1.29 is 13.2 Å². The molecule has 5 heteroatoms. The molecule has 0 heterocycles. The van der Waals surface area contributed by atoms with Crippen LogP contribution in [0.2, 0.25) is 0 Å². The zero-order valence-corrected chi connectivity index (χ0v) is 12.6. The second-order valence-electron chi connectivity index (χ2n) is 6.97. The van der Waals surface area contributed by atoms with Crippen LogP contribution in [0.5, 0.6) is 0 Å². The van der Waals surface area contributed by atoms with Crippen LogP contribution in [0, 0.1) is 5.41 Å². The summed E-state index contributed by atoms with van der Waals surface area (Å²) in [4.78, 5) is 1.67. The summed E-state index contributed by atoms with van der Waals surface area (Å²) < 4.78 is 38.2. The van der Waals surface area contributed by atoms with Gasteiger partial charge in [0.1, 0.15) is 0 Å². The molecule has 0 aromatic carbocycles. The van der Waals surface area contributed by atoms with Gasteiger partial charge in [-0.2, -0.15) is 13.2 Å². The molecular formula is C15H27F3N2. The fourth-order valence-electron chi connectivity index (χ4n) is 2.98. The minimum absolute atomic E-state index is 0.0504. The van der Waals surface area contributed by atoms with E-state index in [-0.39, 0.29) is 11.5 Å². The van der Waals surface area contributed by atoms with E-state index < -0.39 is 12.7 Å². The molecule has 0 aromatic rings. The minimum Gasteiger partial charge on any atom is -0.313 e. The van der Waals surface area contributed by atoms with Gasteiger partial charge in [0.15, 0.2) is 0 Å². The number of hydrogen-bond acceptors (Lipinski definition) is 2. The molecule has 0 amide bonds. The summed E-state index contributed by atoms with van der Waals surface area (Å²) in [7, 11) is 0. The molecule has 2 saturated carbocycles. The van der Waals surface area contributed by atoms with Crippen LogP contribution in [0.3, 0.4) is 0 Å². The van der Waals surface area contributed by atoms with Crippen molar-refractivity contribution >= 4 is 0 Å². The maximum Gasteiger partial charge on any atom is 0.401 e. The number of halogens is 3. The van der Waals surface area contributed by atoms with Crippen LogP contribution < -0.4 is 5.32 Å². The first kappa shape index (κ1) is 16.1. The van der Waals surface area contributed by atoms with E-state index in [1.807, 2.05) is 0 Å². The van der Waals surface area contributed by atoms with Gasteiger partial charge in [-0.3, -0.25) is 4.90 Å². The number of nitrogens with zero attached hydrogens (tertiary/aromatic N) is 1. The van der Waals surface area contributed by atoms with Gasteiger partial charge in [0.25, 0.3) is 0 Å². The van der Waals surface area contributed by atoms with Crippen molar-refractivity contribution in [3.05, 3.63) is 0 Å². The molecule has 1 N–H and O–H groups in total. The predicted molar refractivity (Wildman–Crippen MR) is 74.7 cm³/mol. The van der Waals surface area contributed by atoms with Gasteiger partial charge in [0.05, 0.1) is 6.54 Å². The first-order chi connectivity index (χ1) is 9.31. The van der Waals surface area contributed by atoms with E-state index in [1.54, 1.807) is 4.90 Å². The van der Waals surface area contributed by atoms with Crippen molar-refractivity contribution in [2.24, 2.45) is 5.41 Å². The largest absolute Gasteiger partial charge is 0.401 e. The molecule has 2 nitrogen and oxygen atoms in total. The highest BCUT2D eigenvalue weighted by Crippen LogP contribution is 2.35. The van der Waals surface area contributed by atoms with E-state index in [4.69, 9.17) is 0 Å². The summed E-state index contributed by atoms with van der Waals surface area (Å²) in [6, 6.07) is 0.775.